The van der Waals surface area contributed by atoms with Crippen LogP contribution < -0.4 is 11.3 Å². The Kier molecular flexibility index (Phi) is 10.7. The number of rotatable bonds is 12. The topological polar surface area (TPSA) is 151 Å². The zero-order chi connectivity index (χ0) is 41.5. The van der Waals surface area contributed by atoms with Crippen LogP contribution in [0.25, 0.3) is 27.8 Å². The predicted octanol–water partition coefficient (Wildman–Crippen LogP) is 8.05. The largest absolute Gasteiger partial charge is 0.321 e. The van der Waals surface area contributed by atoms with E-state index < -0.39 is 29.2 Å². The molecular weight excluding hydrogens is 777 g/mol. The van der Waals surface area contributed by atoms with E-state index in [-0.39, 0.29) is 23.1 Å². The maximum atomic E-state index is 14.4. The number of nitrogens with zero attached hydrogens (tertiary/aromatic N) is 8. The zero-order valence-corrected chi connectivity index (χ0v) is 32.5. The van der Waals surface area contributed by atoms with Crippen molar-refractivity contribution in [1.29, 1.82) is 0 Å². The minimum atomic E-state index is -0.566. The first kappa shape index (κ1) is 39.2. The number of aldehydes is 1. The predicted molar refractivity (Wildman–Crippen MR) is 215 cm³/mol. The molecule has 16 heteroatoms. The first-order chi connectivity index (χ1) is 29.2. The number of hydrazine groups is 1. The van der Waals surface area contributed by atoms with Crippen LogP contribution in [0.3, 0.4) is 0 Å². The fourth-order valence-corrected chi connectivity index (χ4v) is 7.51. The standard InChI is InChI=1S/C22H19F2N5.C16H17N3O2.C6H6F2N2/c23-16-4-7-18(24)20(11-16)29-22(14-2-3-14)15(12-25-29)9-13-1-8-19-21(10-13)28(27-26-19)17-5-6-17;20-9-12(16(21)11-2-3-11)7-10-1-6-14-15(8-10)19(18-17-14)13-4-5-13;7-4-1-2-5(8)6(3-4)10-9/h1,4,7-8,10-12,14,17H,2-3,5-6,9H2;1,6,8-9,11-13H,2-5,7H2;1-3,10H,9H2. The second-order valence-electron chi connectivity index (χ2n) is 16.1. The molecule has 0 spiro atoms. The van der Waals surface area contributed by atoms with Crippen molar-refractivity contribution < 1.29 is 27.2 Å². The molecule has 60 heavy (non-hydrogen) atoms. The molecular formula is C44H42F4N10O2. The Labute approximate surface area is 341 Å². The van der Waals surface area contributed by atoms with Gasteiger partial charge < -0.3 is 10.2 Å². The summed E-state index contributed by atoms with van der Waals surface area (Å²) in [5.74, 6) is 2.93. The van der Waals surface area contributed by atoms with E-state index in [4.69, 9.17) is 5.84 Å². The first-order valence-electron chi connectivity index (χ1n) is 20.3. The molecule has 3 aromatic heterocycles. The molecule has 308 valence electrons. The van der Waals surface area contributed by atoms with Crippen LogP contribution >= 0.6 is 0 Å². The third-order valence-electron chi connectivity index (χ3n) is 11.3. The van der Waals surface area contributed by atoms with Gasteiger partial charge in [-0.1, -0.05) is 22.6 Å². The molecule has 4 aliphatic rings. The highest BCUT2D eigenvalue weighted by molar-refractivity contribution is 5.96. The molecule has 12 nitrogen and oxygen atoms in total. The third kappa shape index (κ3) is 8.55. The lowest BCUT2D eigenvalue weighted by Gasteiger charge is -2.10. The van der Waals surface area contributed by atoms with Gasteiger partial charge in [0.15, 0.2) is 0 Å². The molecule has 11 rings (SSSR count). The van der Waals surface area contributed by atoms with E-state index in [0.29, 0.717) is 30.8 Å². The minimum absolute atomic E-state index is 0.0417. The molecule has 4 aromatic carbocycles. The van der Waals surface area contributed by atoms with Crippen LogP contribution in [0.4, 0.5) is 23.2 Å². The van der Waals surface area contributed by atoms with Crippen molar-refractivity contribution in [3.05, 3.63) is 125 Å². The number of ketones is 1. The summed E-state index contributed by atoms with van der Waals surface area (Å²) < 4.78 is 58.4. The highest BCUT2D eigenvalue weighted by atomic mass is 19.1. The lowest BCUT2D eigenvalue weighted by molar-refractivity contribution is -0.128. The van der Waals surface area contributed by atoms with E-state index in [0.717, 1.165) is 132 Å². The molecule has 0 bridgehead atoms. The van der Waals surface area contributed by atoms with Gasteiger partial charge in [0, 0.05) is 30.4 Å². The number of Topliss-reactive ketones (excluding diaryl/α,β-unsaturated/α-hetero) is 1. The molecule has 1 atom stereocenters. The van der Waals surface area contributed by atoms with E-state index in [1.165, 1.54) is 6.07 Å². The molecule has 7 aromatic rings. The fraction of sp³-hybridized carbons (Fsp3) is 0.341. The number of nitrogen functional groups attached to an aromatic ring is 1. The van der Waals surface area contributed by atoms with Crippen LogP contribution in [0.1, 0.15) is 91.8 Å². The molecule has 3 heterocycles. The monoisotopic (exact) mass is 818 g/mol. The first-order valence-corrected chi connectivity index (χ1v) is 20.3. The van der Waals surface area contributed by atoms with Gasteiger partial charge in [-0.2, -0.15) is 5.10 Å². The zero-order valence-electron chi connectivity index (χ0n) is 32.5. The maximum Gasteiger partial charge on any atom is 0.149 e. The Balaban J connectivity index is 0.000000130. The van der Waals surface area contributed by atoms with E-state index in [1.54, 1.807) is 10.9 Å². The highest BCUT2D eigenvalue weighted by Gasteiger charge is 2.35. The van der Waals surface area contributed by atoms with Gasteiger partial charge >= 0.3 is 0 Å². The van der Waals surface area contributed by atoms with E-state index >= 15 is 0 Å². The van der Waals surface area contributed by atoms with Crippen molar-refractivity contribution >= 4 is 39.8 Å². The molecule has 4 aliphatic carbocycles. The van der Waals surface area contributed by atoms with Crippen molar-refractivity contribution in [3.8, 4) is 5.69 Å². The van der Waals surface area contributed by atoms with Crippen molar-refractivity contribution in [2.24, 2.45) is 17.7 Å². The van der Waals surface area contributed by atoms with Gasteiger partial charge in [0.1, 0.15) is 52.1 Å². The molecule has 1 unspecified atom stereocenters. The average Bonchev–Trinajstić information content (AvgIpc) is 4.05. The number of benzene rings is 4. The summed E-state index contributed by atoms with van der Waals surface area (Å²) in [5.41, 5.74) is 10.2. The van der Waals surface area contributed by atoms with Gasteiger partial charge in [-0.25, -0.2) is 31.6 Å². The molecule has 0 amide bonds. The summed E-state index contributed by atoms with van der Waals surface area (Å²) in [6, 6.07) is 19.6. The Morgan fingerprint density at radius 2 is 1.35 bits per heavy atom. The summed E-state index contributed by atoms with van der Waals surface area (Å²) in [6.07, 6.45) is 12.4. The lowest BCUT2D eigenvalue weighted by Crippen LogP contribution is -2.20. The maximum absolute atomic E-state index is 14.4. The smallest absolute Gasteiger partial charge is 0.149 e. The SMILES string of the molecule is Fc1ccc(F)c(-n2ncc(Cc3ccc4nnn(C5CC5)c4c3)c2C2CC2)c1.NNc1cc(F)ccc1F.O=CC(Cc1ccc2nnn(C3CC3)c2c1)C(=O)C1CC1. The second-order valence-corrected chi connectivity index (χ2v) is 16.1. The van der Waals surface area contributed by atoms with E-state index in [2.05, 4.69) is 37.9 Å². The number of hydrogen-bond donors (Lipinski definition) is 2. The fourth-order valence-electron chi connectivity index (χ4n) is 7.51. The average molecular weight is 819 g/mol. The molecule has 0 saturated heterocycles. The van der Waals surface area contributed by atoms with Gasteiger partial charge in [-0.15, -0.1) is 10.2 Å². The van der Waals surface area contributed by atoms with Crippen molar-refractivity contribution in [1.82, 2.24) is 39.8 Å². The molecule has 0 aliphatic heterocycles. The third-order valence-corrected chi connectivity index (χ3v) is 11.3. The van der Waals surface area contributed by atoms with Crippen molar-refractivity contribution in [2.75, 3.05) is 5.43 Å². The van der Waals surface area contributed by atoms with Crippen LogP contribution in [-0.4, -0.2) is 51.8 Å². The van der Waals surface area contributed by atoms with Crippen LogP contribution in [0, 0.1) is 35.1 Å². The number of aromatic nitrogens is 8. The summed E-state index contributed by atoms with van der Waals surface area (Å²) in [5, 5.41) is 21.4. The molecule has 3 N–H and O–H groups in total. The lowest BCUT2D eigenvalue weighted by atomic mass is 9.94. The Hall–Kier alpha value is -6.29. The van der Waals surface area contributed by atoms with E-state index in [1.807, 2.05) is 39.1 Å². The minimum Gasteiger partial charge on any atom is -0.321 e. The summed E-state index contributed by atoms with van der Waals surface area (Å²) in [4.78, 5) is 23.3. The number of carbonyl (C=O) groups excluding carboxylic acids is 2. The van der Waals surface area contributed by atoms with Gasteiger partial charge in [-0.05, 0) is 123 Å². The van der Waals surface area contributed by atoms with E-state index in [9.17, 15) is 27.2 Å². The second kappa shape index (κ2) is 16.4. The normalized spacial score (nSPS) is 16.5. The number of fused-ring (bicyclic) bond motifs is 2. The molecule has 4 fully saturated rings. The number of halogens is 4. The number of nitrogens with two attached hydrogens (primary N) is 1. The van der Waals surface area contributed by atoms with Crippen molar-refractivity contribution in [2.45, 2.75) is 82.2 Å². The molecule has 4 saturated carbocycles. The quantitative estimate of drug-likeness (QED) is 0.0410. The van der Waals surface area contributed by atoms with Gasteiger partial charge in [0.05, 0.1) is 46.6 Å². The number of carbonyl (C=O) groups is 2. The number of hydrogen-bond acceptors (Lipinski definition) is 9. The van der Waals surface area contributed by atoms with Crippen LogP contribution in [0.5, 0.6) is 0 Å². The Morgan fingerprint density at radius 1 is 0.750 bits per heavy atom. The van der Waals surface area contributed by atoms with Crippen LogP contribution in [0.2, 0.25) is 0 Å². The van der Waals surface area contributed by atoms with Gasteiger partial charge in [0.25, 0.3) is 0 Å². The Bertz CT molecular complexity index is 2710. The number of nitrogens with one attached hydrogen (secondary N) is 1. The summed E-state index contributed by atoms with van der Waals surface area (Å²) in [7, 11) is 0. The highest BCUT2D eigenvalue weighted by Crippen LogP contribution is 2.44. The molecule has 0 radical (unpaired) electrons. The van der Waals surface area contributed by atoms with Crippen molar-refractivity contribution in [3.63, 3.8) is 0 Å². The van der Waals surface area contributed by atoms with Crippen LogP contribution in [0.15, 0.2) is 79.0 Å². The van der Waals surface area contributed by atoms with Gasteiger partial charge in [0.2, 0.25) is 0 Å². The van der Waals surface area contributed by atoms with Crippen LogP contribution in [-0.2, 0) is 22.4 Å². The van der Waals surface area contributed by atoms with Gasteiger partial charge in [-0.3, -0.25) is 10.6 Å². The Morgan fingerprint density at radius 3 is 1.92 bits per heavy atom. The summed E-state index contributed by atoms with van der Waals surface area (Å²) >= 11 is 0. The number of anilines is 1. The summed E-state index contributed by atoms with van der Waals surface area (Å²) in [6.45, 7) is 0.